The number of fused-ring (bicyclic) bond motifs is 1. The van der Waals surface area contributed by atoms with Crippen LogP contribution in [0, 0.1) is 5.92 Å². The molecule has 2 atom stereocenters. The molecular formula is C46H44O6. The van der Waals surface area contributed by atoms with Gasteiger partial charge in [-0.2, -0.15) is 0 Å². The number of esters is 1. The molecular weight excluding hydrogens is 649 g/mol. The molecule has 0 heterocycles. The molecule has 0 saturated heterocycles. The first-order chi connectivity index (χ1) is 25.0. The van der Waals surface area contributed by atoms with Crippen LogP contribution < -0.4 is 0 Å². The summed E-state index contributed by atoms with van der Waals surface area (Å²) in [4.78, 5) is 25.4. The Morgan fingerprint density at radius 2 is 1.19 bits per heavy atom. The first kappa shape index (κ1) is 36.2. The van der Waals surface area contributed by atoms with Crippen LogP contribution >= 0.6 is 0 Å². The van der Waals surface area contributed by atoms with E-state index in [0.717, 1.165) is 44.2 Å². The minimum atomic E-state index is -1.17. The van der Waals surface area contributed by atoms with Gasteiger partial charge in [-0.3, -0.25) is 4.79 Å². The monoisotopic (exact) mass is 692 g/mol. The Labute approximate surface area is 305 Å². The summed E-state index contributed by atoms with van der Waals surface area (Å²) in [7, 11) is 0. The lowest BCUT2D eigenvalue weighted by atomic mass is 9.80. The summed E-state index contributed by atoms with van der Waals surface area (Å²) >= 11 is 0. The van der Waals surface area contributed by atoms with Crippen molar-refractivity contribution in [1.29, 1.82) is 0 Å². The summed E-state index contributed by atoms with van der Waals surface area (Å²) in [6.45, 7) is 5.33. The number of aliphatic carboxylic acids is 1. The number of benzene rings is 6. The molecule has 0 aliphatic carbocycles. The lowest BCUT2D eigenvalue weighted by Crippen LogP contribution is -2.39. The summed E-state index contributed by atoms with van der Waals surface area (Å²) in [5.41, 5.74) is 4.31. The molecule has 0 aliphatic rings. The molecule has 0 aliphatic heterocycles. The van der Waals surface area contributed by atoms with E-state index in [2.05, 4.69) is 6.07 Å². The maximum atomic E-state index is 12.7. The quantitative estimate of drug-likeness (QED) is 0.0926. The van der Waals surface area contributed by atoms with Gasteiger partial charge in [-0.25, -0.2) is 4.79 Å². The first-order valence-electron chi connectivity index (χ1n) is 17.6. The topological polar surface area (TPSA) is 93.1 Å². The Bertz CT molecular complexity index is 2020. The minimum absolute atomic E-state index is 0.211. The van der Waals surface area contributed by atoms with Gasteiger partial charge in [-0.1, -0.05) is 133 Å². The lowest BCUT2D eigenvalue weighted by Gasteiger charge is -2.37. The number of ether oxygens (including phenoxy) is 2. The lowest BCUT2D eigenvalue weighted by molar-refractivity contribution is -0.151. The van der Waals surface area contributed by atoms with Crippen molar-refractivity contribution in [2.24, 2.45) is 5.92 Å². The highest BCUT2D eigenvalue weighted by molar-refractivity contribution is 5.96. The summed E-state index contributed by atoms with van der Waals surface area (Å²) in [5, 5.41) is 23.7. The molecule has 0 amide bonds. The maximum absolute atomic E-state index is 12.7. The highest BCUT2D eigenvalue weighted by Crippen LogP contribution is 2.41. The van der Waals surface area contributed by atoms with Crippen molar-refractivity contribution in [2.45, 2.75) is 50.9 Å². The van der Waals surface area contributed by atoms with Crippen LogP contribution in [0.25, 0.3) is 21.9 Å². The summed E-state index contributed by atoms with van der Waals surface area (Å²) in [6.07, 6.45) is -0.459. The fourth-order valence-electron chi connectivity index (χ4n) is 6.64. The van der Waals surface area contributed by atoms with E-state index >= 15 is 0 Å². The number of hydrogen-bond acceptors (Lipinski definition) is 5. The Morgan fingerprint density at radius 3 is 1.75 bits per heavy atom. The summed E-state index contributed by atoms with van der Waals surface area (Å²) in [6, 6.07) is 49.0. The Balaban J connectivity index is 1.21. The van der Waals surface area contributed by atoms with Crippen LogP contribution in [0.4, 0.5) is 0 Å². The van der Waals surface area contributed by atoms with E-state index in [4.69, 9.17) is 9.47 Å². The number of carbonyl (C=O) groups excluding carboxylic acids is 1. The van der Waals surface area contributed by atoms with Crippen LogP contribution in [0.1, 0.15) is 59.8 Å². The smallest absolute Gasteiger partial charge is 0.338 e. The third-order valence-corrected chi connectivity index (χ3v) is 9.27. The SMILES string of the molecule is CC(C)(C)OC(=O)c1ccc2ccc(-c3cccc(CC[C@@H](O)[C@@H](COC(c4ccccc4)(c4ccccc4)c4ccccc4)C(=O)O)c3)cc2c1. The second kappa shape index (κ2) is 15.8. The van der Waals surface area contributed by atoms with Gasteiger partial charge in [0.1, 0.15) is 17.1 Å². The predicted molar refractivity (Wildman–Crippen MR) is 205 cm³/mol. The van der Waals surface area contributed by atoms with Crippen LogP contribution in [0.5, 0.6) is 0 Å². The molecule has 6 aromatic rings. The number of carboxylic acids is 1. The molecule has 0 bridgehead atoms. The third-order valence-electron chi connectivity index (χ3n) is 9.27. The van der Waals surface area contributed by atoms with Crippen LogP contribution in [0.2, 0.25) is 0 Å². The largest absolute Gasteiger partial charge is 0.481 e. The molecule has 6 rings (SSSR count). The van der Waals surface area contributed by atoms with Gasteiger partial charge in [0, 0.05) is 0 Å². The molecule has 0 aromatic heterocycles. The number of carbonyl (C=O) groups is 2. The minimum Gasteiger partial charge on any atom is -0.481 e. The summed E-state index contributed by atoms with van der Waals surface area (Å²) < 4.78 is 12.3. The number of aliphatic hydroxyl groups excluding tert-OH is 1. The zero-order chi connectivity index (χ0) is 36.7. The van der Waals surface area contributed by atoms with Gasteiger partial charge in [-0.15, -0.1) is 0 Å². The van der Waals surface area contributed by atoms with Gasteiger partial charge < -0.3 is 19.7 Å². The Morgan fingerprint density at radius 1 is 0.635 bits per heavy atom. The molecule has 0 fully saturated rings. The average molecular weight is 693 g/mol. The van der Waals surface area contributed by atoms with Crippen molar-refractivity contribution in [2.75, 3.05) is 6.61 Å². The highest BCUT2D eigenvalue weighted by atomic mass is 16.6. The van der Waals surface area contributed by atoms with E-state index in [9.17, 15) is 19.8 Å². The van der Waals surface area contributed by atoms with Gasteiger partial charge in [0.2, 0.25) is 0 Å². The Hall–Kier alpha value is -5.56. The van der Waals surface area contributed by atoms with Crippen molar-refractivity contribution in [3.05, 3.63) is 179 Å². The third kappa shape index (κ3) is 8.31. The second-order valence-corrected chi connectivity index (χ2v) is 14.1. The summed E-state index contributed by atoms with van der Waals surface area (Å²) in [5.74, 6) is -2.65. The van der Waals surface area contributed by atoms with Crippen LogP contribution in [-0.4, -0.2) is 40.5 Å². The molecule has 0 radical (unpaired) electrons. The van der Waals surface area contributed by atoms with Gasteiger partial charge in [0.15, 0.2) is 0 Å². The standard InChI is InChI=1S/C46H44O6/c1-45(2,3)52-44(50)36-26-24-33-23-25-35(29-37(33)30-36)34-15-13-14-32(28-34)22-27-42(47)41(43(48)49)31-51-46(38-16-7-4-8-17-38,39-18-9-5-10-19-39)40-20-11-6-12-21-40/h4-21,23-26,28-30,41-42,47H,22,27,31H2,1-3H3,(H,48,49)/t41-,42-/m1/s1. The van der Waals surface area contributed by atoms with Crippen molar-refractivity contribution in [3.63, 3.8) is 0 Å². The number of aliphatic hydroxyl groups is 1. The Kier molecular flexibility index (Phi) is 11.0. The van der Waals surface area contributed by atoms with Crippen molar-refractivity contribution in [1.82, 2.24) is 0 Å². The van der Waals surface area contributed by atoms with E-state index in [1.54, 1.807) is 6.07 Å². The van der Waals surface area contributed by atoms with E-state index in [0.29, 0.717) is 12.0 Å². The van der Waals surface area contributed by atoms with Crippen molar-refractivity contribution in [3.8, 4) is 11.1 Å². The first-order valence-corrected chi connectivity index (χ1v) is 17.6. The molecule has 0 spiro atoms. The molecule has 52 heavy (non-hydrogen) atoms. The maximum Gasteiger partial charge on any atom is 0.338 e. The number of carboxylic acid groups (broad SMARTS) is 1. The fourth-order valence-corrected chi connectivity index (χ4v) is 6.64. The molecule has 264 valence electrons. The zero-order valence-corrected chi connectivity index (χ0v) is 29.7. The van der Waals surface area contributed by atoms with E-state index in [1.165, 1.54) is 0 Å². The number of hydrogen-bond donors (Lipinski definition) is 2. The predicted octanol–water partition coefficient (Wildman–Crippen LogP) is 9.47. The van der Waals surface area contributed by atoms with Gasteiger partial charge in [0.25, 0.3) is 0 Å². The number of aryl methyl sites for hydroxylation is 1. The van der Waals surface area contributed by atoms with Crippen molar-refractivity contribution >= 4 is 22.7 Å². The highest BCUT2D eigenvalue weighted by Gasteiger charge is 2.40. The molecule has 0 saturated carbocycles. The zero-order valence-electron chi connectivity index (χ0n) is 29.7. The normalized spacial score (nSPS) is 13.0. The molecule has 6 heteroatoms. The number of rotatable bonds is 13. The fraction of sp³-hybridized carbons (Fsp3) is 0.217. The van der Waals surface area contributed by atoms with Crippen LogP contribution in [0.15, 0.2) is 152 Å². The second-order valence-electron chi connectivity index (χ2n) is 14.1. The van der Waals surface area contributed by atoms with Gasteiger partial charge >= 0.3 is 11.9 Å². The van der Waals surface area contributed by atoms with Gasteiger partial charge in [0.05, 0.1) is 18.3 Å². The van der Waals surface area contributed by atoms with E-state index in [1.807, 2.05) is 160 Å². The molecule has 0 unspecified atom stereocenters. The van der Waals surface area contributed by atoms with Gasteiger partial charge in [-0.05, 0) is 96.0 Å². The van der Waals surface area contributed by atoms with Crippen LogP contribution in [-0.2, 0) is 26.3 Å². The van der Waals surface area contributed by atoms with E-state index in [-0.39, 0.29) is 19.0 Å². The van der Waals surface area contributed by atoms with Crippen LogP contribution in [0.3, 0.4) is 0 Å². The average Bonchev–Trinajstić information content (AvgIpc) is 3.15. The van der Waals surface area contributed by atoms with E-state index < -0.39 is 29.2 Å². The molecule has 6 aromatic carbocycles. The van der Waals surface area contributed by atoms with Crippen molar-refractivity contribution < 1.29 is 29.3 Å². The molecule has 2 N–H and O–H groups in total. The molecule has 6 nitrogen and oxygen atoms in total.